The number of aliphatic hydroxyl groups excluding tert-OH is 1. The highest BCUT2D eigenvalue weighted by atomic mass is 16.3. The van der Waals surface area contributed by atoms with Gasteiger partial charge in [-0.2, -0.15) is 0 Å². The molecule has 0 saturated heterocycles. The van der Waals surface area contributed by atoms with E-state index in [1.54, 1.807) is 0 Å². The predicted octanol–water partition coefficient (Wildman–Crippen LogP) is 0.737. The Bertz CT molecular complexity index is 98.9. The highest BCUT2D eigenvalue weighted by molar-refractivity contribution is 4.64. The van der Waals surface area contributed by atoms with Gasteiger partial charge in [-0.1, -0.05) is 20.3 Å². The Morgan fingerprint density at radius 2 is 1.92 bits per heavy atom. The van der Waals surface area contributed by atoms with E-state index >= 15 is 0 Å². The molecule has 0 fully saturated rings. The van der Waals surface area contributed by atoms with E-state index in [0.717, 1.165) is 26.1 Å². The Morgan fingerprint density at radius 3 is 2.46 bits per heavy atom. The van der Waals surface area contributed by atoms with Gasteiger partial charge in [0.05, 0.1) is 6.61 Å². The number of rotatable bonds is 9. The molecule has 0 aromatic carbocycles. The minimum absolute atomic E-state index is 0.259. The normalized spacial score (nSPS) is 13.2. The summed E-state index contributed by atoms with van der Waals surface area (Å²) in [6.07, 6.45) is 3.47. The lowest BCUT2D eigenvalue weighted by Gasteiger charge is -2.14. The summed E-state index contributed by atoms with van der Waals surface area (Å²) < 4.78 is 0. The molecule has 0 bridgehead atoms. The fourth-order valence-electron chi connectivity index (χ4n) is 1.36. The molecule has 80 valence electrons. The smallest absolute Gasteiger partial charge is 0.0584 e. The number of unbranched alkanes of at least 4 members (excludes halogenated alkanes) is 1. The first-order valence-corrected chi connectivity index (χ1v) is 5.40. The van der Waals surface area contributed by atoms with Crippen LogP contribution < -0.4 is 10.6 Å². The van der Waals surface area contributed by atoms with Gasteiger partial charge in [-0.25, -0.2) is 0 Å². The monoisotopic (exact) mass is 188 g/mol. The molecular formula is C10H24N2O. The Balaban J connectivity index is 3.17. The molecule has 0 aliphatic rings. The summed E-state index contributed by atoms with van der Waals surface area (Å²) in [5.41, 5.74) is 0. The SMILES string of the molecule is CCNCCCCC(CO)NCC. The third-order valence-electron chi connectivity index (χ3n) is 2.12. The second kappa shape index (κ2) is 9.96. The van der Waals surface area contributed by atoms with Gasteiger partial charge in [-0.3, -0.25) is 0 Å². The zero-order chi connectivity index (χ0) is 9.94. The summed E-state index contributed by atoms with van der Waals surface area (Å²) in [5.74, 6) is 0. The first kappa shape index (κ1) is 12.9. The molecule has 0 aliphatic heterocycles. The van der Waals surface area contributed by atoms with E-state index < -0.39 is 0 Å². The standard InChI is InChI=1S/C10H24N2O/c1-3-11-8-6-5-7-10(9-13)12-4-2/h10-13H,3-9H2,1-2H3. The molecule has 0 amide bonds. The largest absolute Gasteiger partial charge is 0.395 e. The van der Waals surface area contributed by atoms with Crippen LogP contribution in [0, 0.1) is 0 Å². The van der Waals surface area contributed by atoms with Crippen molar-refractivity contribution in [2.75, 3.05) is 26.2 Å². The fraction of sp³-hybridized carbons (Fsp3) is 1.00. The molecule has 0 aliphatic carbocycles. The molecule has 3 heteroatoms. The molecule has 3 N–H and O–H groups in total. The number of aliphatic hydroxyl groups is 1. The van der Waals surface area contributed by atoms with Crippen molar-refractivity contribution < 1.29 is 5.11 Å². The summed E-state index contributed by atoms with van der Waals surface area (Å²) in [7, 11) is 0. The average molecular weight is 188 g/mol. The minimum Gasteiger partial charge on any atom is -0.395 e. The predicted molar refractivity (Wildman–Crippen MR) is 56.9 cm³/mol. The van der Waals surface area contributed by atoms with Crippen LogP contribution in [-0.4, -0.2) is 37.4 Å². The minimum atomic E-state index is 0.259. The molecule has 0 spiro atoms. The molecule has 0 radical (unpaired) electrons. The molecule has 0 heterocycles. The molecule has 3 nitrogen and oxygen atoms in total. The highest BCUT2D eigenvalue weighted by Crippen LogP contribution is 1.99. The van der Waals surface area contributed by atoms with Crippen molar-refractivity contribution in [3.05, 3.63) is 0 Å². The van der Waals surface area contributed by atoms with E-state index in [-0.39, 0.29) is 6.61 Å². The van der Waals surface area contributed by atoms with E-state index in [2.05, 4.69) is 24.5 Å². The lowest BCUT2D eigenvalue weighted by molar-refractivity contribution is 0.235. The van der Waals surface area contributed by atoms with E-state index in [9.17, 15) is 0 Å². The Morgan fingerprint density at radius 1 is 1.15 bits per heavy atom. The Labute approximate surface area is 81.9 Å². The Hall–Kier alpha value is -0.120. The molecule has 0 saturated carbocycles. The van der Waals surface area contributed by atoms with Crippen LogP contribution in [0.2, 0.25) is 0 Å². The van der Waals surface area contributed by atoms with E-state index in [1.165, 1.54) is 12.8 Å². The van der Waals surface area contributed by atoms with Crippen LogP contribution in [0.5, 0.6) is 0 Å². The first-order valence-electron chi connectivity index (χ1n) is 5.40. The highest BCUT2D eigenvalue weighted by Gasteiger charge is 2.03. The van der Waals surface area contributed by atoms with Crippen molar-refractivity contribution in [3.63, 3.8) is 0 Å². The van der Waals surface area contributed by atoms with Crippen LogP contribution in [-0.2, 0) is 0 Å². The maximum atomic E-state index is 8.98. The van der Waals surface area contributed by atoms with Crippen LogP contribution in [0.1, 0.15) is 33.1 Å². The fourth-order valence-corrected chi connectivity index (χ4v) is 1.36. The quantitative estimate of drug-likeness (QED) is 0.468. The molecular weight excluding hydrogens is 164 g/mol. The van der Waals surface area contributed by atoms with Gasteiger partial charge in [-0.05, 0) is 32.5 Å². The third kappa shape index (κ3) is 8.22. The van der Waals surface area contributed by atoms with Crippen molar-refractivity contribution in [1.82, 2.24) is 10.6 Å². The van der Waals surface area contributed by atoms with Crippen LogP contribution in [0.4, 0.5) is 0 Å². The number of hydrogen-bond donors (Lipinski definition) is 3. The summed E-state index contributed by atoms with van der Waals surface area (Å²) in [6, 6.07) is 0.298. The molecule has 1 atom stereocenters. The third-order valence-corrected chi connectivity index (χ3v) is 2.12. The number of nitrogens with one attached hydrogen (secondary N) is 2. The second-order valence-electron chi connectivity index (χ2n) is 3.29. The van der Waals surface area contributed by atoms with Gasteiger partial charge < -0.3 is 15.7 Å². The van der Waals surface area contributed by atoms with Gasteiger partial charge in [0.1, 0.15) is 0 Å². The van der Waals surface area contributed by atoms with Crippen molar-refractivity contribution in [3.8, 4) is 0 Å². The zero-order valence-corrected chi connectivity index (χ0v) is 8.97. The first-order chi connectivity index (χ1) is 6.35. The van der Waals surface area contributed by atoms with Crippen molar-refractivity contribution in [2.45, 2.75) is 39.2 Å². The maximum Gasteiger partial charge on any atom is 0.0584 e. The zero-order valence-electron chi connectivity index (χ0n) is 8.97. The topological polar surface area (TPSA) is 44.3 Å². The molecule has 0 rings (SSSR count). The Kier molecular flexibility index (Phi) is 9.87. The molecule has 0 aromatic rings. The second-order valence-corrected chi connectivity index (χ2v) is 3.29. The molecule has 0 aromatic heterocycles. The lowest BCUT2D eigenvalue weighted by Crippen LogP contribution is -2.32. The summed E-state index contributed by atoms with van der Waals surface area (Å²) in [5, 5.41) is 15.5. The van der Waals surface area contributed by atoms with E-state index in [1.807, 2.05) is 0 Å². The van der Waals surface area contributed by atoms with Gasteiger partial charge >= 0.3 is 0 Å². The van der Waals surface area contributed by atoms with Crippen molar-refractivity contribution >= 4 is 0 Å². The summed E-state index contributed by atoms with van der Waals surface area (Å²) in [4.78, 5) is 0. The van der Waals surface area contributed by atoms with Gasteiger partial charge in [0.2, 0.25) is 0 Å². The number of hydrogen-bond acceptors (Lipinski definition) is 3. The summed E-state index contributed by atoms with van der Waals surface area (Å²) in [6.45, 7) is 7.54. The van der Waals surface area contributed by atoms with Gasteiger partial charge in [0.25, 0.3) is 0 Å². The van der Waals surface area contributed by atoms with Crippen LogP contribution in [0.3, 0.4) is 0 Å². The van der Waals surface area contributed by atoms with Crippen LogP contribution in [0.15, 0.2) is 0 Å². The van der Waals surface area contributed by atoms with Crippen LogP contribution in [0.25, 0.3) is 0 Å². The van der Waals surface area contributed by atoms with Gasteiger partial charge in [0, 0.05) is 6.04 Å². The molecule has 1 unspecified atom stereocenters. The van der Waals surface area contributed by atoms with E-state index in [0.29, 0.717) is 6.04 Å². The number of likely N-dealkylation sites (N-methyl/N-ethyl adjacent to an activating group) is 1. The lowest BCUT2D eigenvalue weighted by atomic mass is 10.1. The maximum absolute atomic E-state index is 8.98. The molecule has 13 heavy (non-hydrogen) atoms. The summed E-state index contributed by atoms with van der Waals surface area (Å²) >= 11 is 0. The van der Waals surface area contributed by atoms with Gasteiger partial charge in [0.15, 0.2) is 0 Å². The van der Waals surface area contributed by atoms with Gasteiger partial charge in [-0.15, -0.1) is 0 Å². The van der Waals surface area contributed by atoms with E-state index in [4.69, 9.17) is 5.11 Å². The van der Waals surface area contributed by atoms with Crippen molar-refractivity contribution in [2.24, 2.45) is 0 Å². The van der Waals surface area contributed by atoms with Crippen molar-refractivity contribution in [1.29, 1.82) is 0 Å². The average Bonchev–Trinajstić information content (AvgIpc) is 2.16. The van der Waals surface area contributed by atoms with Crippen LogP contribution >= 0.6 is 0 Å².